The fourth-order valence-electron chi connectivity index (χ4n) is 3.96. The normalized spacial score (nSPS) is 14.2. The van der Waals surface area contributed by atoms with Crippen LogP contribution in [0.2, 0.25) is 0 Å². The number of benzene rings is 3. The molecule has 6 nitrogen and oxygen atoms in total. The van der Waals surface area contributed by atoms with Gasteiger partial charge in [0.25, 0.3) is 11.8 Å². The maximum absolute atomic E-state index is 13.1. The highest BCUT2D eigenvalue weighted by atomic mass is 79.9. The lowest BCUT2D eigenvalue weighted by atomic mass is 10.1. The molecule has 1 saturated heterocycles. The summed E-state index contributed by atoms with van der Waals surface area (Å²) < 4.78 is 13.0. The SMILES string of the molecule is CCOc1cc(/C=C2\SC(=S)N(c3ccc(C)cc3)C2=O)ccc1OCC(=O)Nc1c(C)cc(Br)cc1C. The van der Waals surface area contributed by atoms with Crippen molar-refractivity contribution in [2.75, 3.05) is 23.4 Å². The molecule has 38 heavy (non-hydrogen) atoms. The molecule has 0 unspecified atom stereocenters. The second-order valence-electron chi connectivity index (χ2n) is 8.74. The van der Waals surface area contributed by atoms with Crippen LogP contribution in [0.3, 0.4) is 0 Å². The van der Waals surface area contributed by atoms with E-state index in [4.69, 9.17) is 21.7 Å². The monoisotopic (exact) mass is 610 g/mol. The quantitative estimate of drug-likeness (QED) is 0.215. The van der Waals surface area contributed by atoms with Gasteiger partial charge in [-0.1, -0.05) is 63.7 Å². The summed E-state index contributed by atoms with van der Waals surface area (Å²) in [7, 11) is 0. The largest absolute Gasteiger partial charge is 0.490 e. The Morgan fingerprint density at radius 1 is 1.03 bits per heavy atom. The summed E-state index contributed by atoms with van der Waals surface area (Å²) in [4.78, 5) is 27.8. The Labute approximate surface area is 240 Å². The number of rotatable bonds is 8. The van der Waals surface area contributed by atoms with Crippen LogP contribution in [-0.4, -0.2) is 29.3 Å². The van der Waals surface area contributed by atoms with Crippen LogP contribution in [0.15, 0.2) is 64.0 Å². The van der Waals surface area contributed by atoms with Crippen LogP contribution >= 0.6 is 39.9 Å². The summed E-state index contributed by atoms with van der Waals surface area (Å²) in [6.07, 6.45) is 1.78. The molecule has 2 amide bonds. The maximum Gasteiger partial charge on any atom is 0.270 e. The zero-order valence-corrected chi connectivity index (χ0v) is 24.7. The molecule has 1 fully saturated rings. The second kappa shape index (κ2) is 12.1. The van der Waals surface area contributed by atoms with Gasteiger partial charge >= 0.3 is 0 Å². The summed E-state index contributed by atoms with van der Waals surface area (Å²) in [5, 5.41) is 2.92. The first-order valence-corrected chi connectivity index (χ1v) is 14.0. The zero-order valence-electron chi connectivity index (χ0n) is 21.5. The molecule has 0 aliphatic carbocycles. The number of halogens is 1. The minimum atomic E-state index is -0.273. The van der Waals surface area contributed by atoms with Crippen molar-refractivity contribution in [2.24, 2.45) is 0 Å². The van der Waals surface area contributed by atoms with Gasteiger partial charge in [-0.15, -0.1) is 0 Å². The first-order valence-electron chi connectivity index (χ1n) is 12.0. The van der Waals surface area contributed by atoms with Gasteiger partial charge in [-0.3, -0.25) is 14.5 Å². The van der Waals surface area contributed by atoms with Gasteiger partial charge in [0.1, 0.15) is 0 Å². The number of hydrogen-bond acceptors (Lipinski definition) is 6. The van der Waals surface area contributed by atoms with E-state index >= 15 is 0 Å². The van der Waals surface area contributed by atoms with Crippen LogP contribution in [0.4, 0.5) is 11.4 Å². The number of anilines is 2. The molecule has 0 aromatic heterocycles. The van der Waals surface area contributed by atoms with Gasteiger partial charge in [0.15, 0.2) is 22.4 Å². The molecule has 3 aromatic carbocycles. The Hall–Kier alpha value is -3.14. The van der Waals surface area contributed by atoms with E-state index in [1.165, 1.54) is 11.8 Å². The van der Waals surface area contributed by atoms with E-state index < -0.39 is 0 Å². The number of thioether (sulfide) groups is 1. The Morgan fingerprint density at radius 3 is 2.37 bits per heavy atom. The second-order valence-corrected chi connectivity index (χ2v) is 11.3. The number of nitrogens with zero attached hydrogens (tertiary/aromatic N) is 1. The molecule has 0 atom stereocenters. The van der Waals surface area contributed by atoms with Crippen LogP contribution in [0.5, 0.6) is 11.5 Å². The van der Waals surface area contributed by atoms with E-state index in [-0.39, 0.29) is 18.4 Å². The Bertz CT molecular complexity index is 1410. The van der Waals surface area contributed by atoms with Crippen molar-refractivity contribution in [3.63, 3.8) is 0 Å². The highest BCUT2D eigenvalue weighted by molar-refractivity contribution is 9.10. The van der Waals surface area contributed by atoms with Gasteiger partial charge in [0.05, 0.1) is 17.2 Å². The molecule has 1 aliphatic heterocycles. The minimum Gasteiger partial charge on any atom is -0.490 e. The van der Waals surface area contributed by atoms with Crippen LogP contribution in [0.1, 0.15) is 29.2 Å². The van der Waals surface area contributed by atoms with Crippen molar-refractivity contribution >= 4 is 73.5 Å². The van der Waals surface area contributed by atoms with E-state index in [9.17, 15) is 9.59 Å². The van der Waals surface area contributed by atoms with Crippen molar-refractivity contribution in [2.45, 2.75) is 27.7 Å². The molecule has 0 radical (unpaired) electrons. The predicted molar refractivity (Wildman–Crippen MR) is 162 cm³/mol. The summed E-state index contributed by atoms with van der Waals surface area (Å²) >= 11 is 10.2. The van der Waals surface area contributed by atoms with Gasteiger partial charge in [-0.2, -0.15) is 0 Å². The number of carbonyl (C=O) groups excluding carboxylic acids is 2. The van der Waals surface area contributed by atoms with Crippen molar-refractivity contribution < 1.29 is 19.1 Å². The third-order valence-corrected chi connectivity index (χ3v) is 7.53. The molecule has 1 heterocycles. The van der Waals surface area contributed by atoms with Crippen molar-refractivity contribution in [3.05, 3.63) is 86.2 Å². The predicted octanol–water partition coefficient (Wildman–Crippen LogP) is 7.20. The standard InChI is InChI=1S/C29H27BrN2O4S2/c1-5-35-24-14-20(15-25-28(34)32(29(37)38-25)22-9-6-17(2)7-10-22)8-11-23(24)36-16-26(33)31-27-18(3)12-21(30)13-19(27)4/h6-15H,5,16H2,1-4H3,(H,31,33)/b25-15-. The van der Waals surface area contributed by atoms with Crippen molar-refractivity contribution in [1.29, 1.82) is 0 Å². The number of nitrogens with one attached hydrogen (secondary N) is 1. The smallest absolute Gasteiger partial charge is 0.270 e. The van der Waals surface area contributed by atoms with Gasteiger partial charge in [0, 0.05) is 10.2 Å². The lowest BCUT2D eigenvalue weighted by Crippen LogP contribution is -2.27. The number of carbonyl (C=O) groups is 2. The molecule has 1 aliphatic rings. The number of aryl methyl sites for hydroxylation is 3. The van der Waals surface area contributed by atoms with Crippen LogP contribution < -0.4 is 19.7 Å². The van der Waals surface area contributed by atoms with Gasteiger partial charge < -0.3 is 14.8 Å². The fourth-order valence-corrected chi connectivity index (χ4v) is 5.95. The van der Waals surface area contributed by atoms with E-state index in [1.54, 1.807) is 23.1 Å². The van der Waals surface area contributed by atoms with Crippen LogP contribution in [-0.2, 0) is 9.59 Å². The summed E-state index contributed by atoms with van der Waals surface area (Å²) in [6, 6.07) is 16.9. The Morgan fingerprint density at radius 2 is 1.71 bits per heavy atom. The third-order valence-electron chi connectivity index (χ3n) is 5.77. The lowest BCUT2D eigenvalue weighted by Gasteiger charge is -2.15. The number of thiocarbonyl (C=S) groups is 1. The molecule has 0 saturated carbocycles. The fraction of sp³-hybridized carbons (Fsp3) is 0.207. The van der Waals surface area contributed by atoms with Gasteiger partial charge in [-0.05, 0) is 86.9 Å². The molecular weight excluding hydrogens is 584 g/mol. The summed E-state index contributed by atoms with van der Waals surface area (Å²) in [5.74, 6) is 0.483. The maximum atomic E-state index is 13.1. The van der Waals surface area contributed by atoms with E-state index in [0.717, 1.165) is 38.1 Å². The van der Waals surface area contributed by atoms with E-state index in [0.29, 0.717) is 27.3 Å². The lowest BCUT2D eigenvalue weighted by molar-refractivity contribution is -0.118. The van der Waals surface area contributed by atoms with Gasteiger partial charge in [-0.25, -0.2) is 0 Å². The molecular formula is C29H27BrN2O4S2. The Kier molecular flexibility index (Phi) is 8.91. The molecule has 0 spiro atoms. The van der Waals surface area contributed by atoms with Crippen LogP contribution in [0.25, 0.3) is 6.08 Å². The molecule has 0 bridgehead atoms. The molecule has 9 heteroatoms. The topological polar surface area (TPSA) is 67.9 Å². The molecule has 3 aromatic rings. The molecule has 196 valence electrons. The number of ether oxygens (including phenoxy) is 2. The summed E-state index contributed by atoms with van der Waals surface area (Å²) in [5.41, 5.74) is 5.29. The van der Waals surface area contributed by atoms with Crippen molar-refractivity contribution in [3.8, 4) is 11.5 Å². The number of amides is 2. The van der Waals surface area contributed by atoms with Crippen molar-refractivity contribution in [1.82, 2.24) is 0 Å². The van der Waals surface area contributed by atoms with E-state index in [1.807, 2.05) is 70.2 Å². The van der Waals surface area contributed by atoms with E-state index in [2.05, 4.69) is 21.2 Å². The summed E-state index contributed by atoms with van der Waals surface area (Å²) in [6.45, 7) is 7.98. The highest BCUT2D eigenvalue weighted by Crippen LogP contribution is 2.37. The highest BCUT2D eigenvalue weighted by Gasteiger charge is 2.33. The third kappa shape index (κ3) is 6.46. The first-order chi connectivity index (χ1) is 18.2. The van der Waals surface area contributed by atoms with Crippen LogP contribution in [0, 0.1) is 20.8 Å². The number of hydrogen-bond donors (Lipinski definition) is 1. The average molecular weight is 612 g/mol. The first kappa shape index (κ1) is 27.9. The minimum absolute atomic E-state index is 0.169. The molecule has 4 rings (SSSR count). The zero-order chi connectivity index (χ0) is 27.4. The Balaban J connectivity index is 1.48. The average Bonchev–Trinajstić information content (AvgIpc) is 3.14. The van der Waals surface area contributed by atoms with Gasteiger partial charge in [0.2, 0.25) is 0 Å². The molecule has 1 N–H and O–H groups in total.